The summed E-state index contributed by atoms with van der Waals surface area (Å²) in [5.74, 6) is -1.35. The molecule has 0 aromatic heterocycles. The van der Waals surface area contributed by atoms with Gasteiger partial charge in [0, 0.05) is 0 Å². The topological polar surface area (TPSA) is 72.6 Å². The van der Waals surface area contributed by atoms with Gasteiger partial charge in [0.2, 0.25) is 0 Å². The molecule has 0 spiro atoms. The Morgan fingerprint density at radius 1 is 1.90 bits per heavy atom. The molecule has 1 heterocycles. The van der Waals surface area contributed by atoms with Gasteiger partial charge in [0.25, 0.3) is 0 Å². The number of aliphatic carboxylic acids is 1. The van der Waals surface area contributed by atoms with Crippen LogP contribution in [0.15, 0.2) is 0 Å². The summed E-state index contributed by atoms with van der Waals surface area (Å²) in [6.07, 6.45) is -1.59. The highest BCUT2D eigenvalue weighted by molar-refractivity contribution is 5.80. The number of carboxylic acids is 1. The Balaban J connectivity index is 2.75. The maximum Gasteiger partial charge on any atom is 0.329 e. The molecule has 0 aromatic carbocycles. The van der Waals surface area contributed by atoms with Crippen molar-refractivity contribution in [3.63, 3.8) is 0 Å². The van der Waals surface area contributed by atoms with Gasteiger partial charge in [-0.1, -0.05) is 0 Å². The van der Waals surface area contributed by atoms with Gasteiger partial charge in [0.15, 0.2) is 11.7 Å². The average Bonchev–Trinajstić information content (AvgIpc) is 2.15. The second-order valence-electron chi connectivity index (χ2n) is 2.33. The highest BCUT2D eigenvalue weighted by atomic mass is 19.1. The lowest BCUT2D eigenvalue weighted by Crippen LogP contribution is -2.55. The van der Waals surface area contributed by atoms with Gasteiger partial charge in [-0.15, -0.1) is 0 Å². The molecule has 3 N–H and O–H groups in total. The first-order valence-electron chi connectivity index (χ1n) is 2.81. The number of alkyl halides is 1. The fourth-order valence-corrected chi connectivity index (χ4v) is 0.766. The Morgan fingerprint density at radius 3 is 2.70 bits per heavy atom. The van der Waals surface area contributed by atoms with Crippen molar-refractivity contribution in [1.82, 2.24) is 0 Å². The third-order valence-electron chi connectivity index (χ3n) is 1.56. The largest absolute Gasteiger partial charge is 0.480 e. The smallest absolute Gasteiger partial charge is 0.329 e. The molecule has 1 rings (SSSR count). The summed E-state index contributed by atoms with van der Waals surface area (Å²) in [4.78, 5) is 10.3. The van der Waals surface area contributed by atoms with Crippen LogP contribution in [0.1, 0.15) is 0 Å². The minimum Gasteiger partial charge on any atom is -0.480 e. The third-order valence-corrected chi connectivity index (χ3v) is 1.56. The molecule has 5 heteroatoms. The van der Waals surface area contributed by atoms with E-state index in [1.807, 2.05) is 0 Å². The fourth-order valence-electron chi connectivity index (χ4n) is 0.766. The Hall–Kier alpha value is -0.680. The average molecular weight is 149 g/mol. The van der Waals surface area contributed by atoms with E-state index in [9.17, 15) is 9.18 Å². The first kappa shape index (κ1) is 7.43. The molecule has 0 saturated carbocycles. The summed E-state index contributed by atoms with van der Waals surface area (Å²) in [5.41, 5.74) is 3.33. The minimum atomic E-state index is -1.82. The molecule has 0 bridgehead atoms. The van der Waals surface area contributed by atoms with Crippen LogP contribution in [0.3, 0.4) is 0 Å². The Labute approximate surface area is 56.8 Å². The van der Waals surface area contributed by atoms with Crippen LogP contribution >= 0.6 is 0 Å². The Morgan fingerprint density at radius 2 is 2.50 bits per heavy atom. The van der Waals surface area contributed by atoms with Crippen molar-refractivity contribution in [2.45, 2.75) is 11.7 Å². The van der Waals surface area contributed by atoms with Crippen LogP contribution in [-0.2, 0) is 9.53 Å². The number of hydrogen-bond acceptors (Lipinski definition) is 3. The number of carboxylic acid groups (broad SMARTS) is 1. The van der Waals surface area contributed by atoms with E-state index in [0.29, 0.717) is 0 Å². The molecule has 0 aliphatic carbocycles. The SMILES string of the molecule is NC1(C(=O)O)COC[C@H]1F. The van der Waals surface area contributed by atoms with Crippen LogP contribution in [0.25, 0.3) is 0 Å². The van der Waals surface area contributed by atoms with Gasteiger partial charge in [-0.2, -0.15) is 0 Å². The predicted octanol–water partition coefficient (Wildman–Crippen LogP) is -0.863. The molecule has 1 aliphatic rings. The van der Waals surface area contributed by atoms with Crippen molar-refractivity contribution in [2.24, 2.45) is 5.73 Å². The highest BCUT2D eigenvalue weighted by Crippen LogP contribution is 2.19. The second kappa shape index (κ2) is 2.17. The summed E-state index contributed by atoms with van der Waals surface area (Å²) in [6.45, 7) is -0.466. The zero-order chi connectivity index (χ0) is 7.78. The number of carbonyl (C=O) groups is 1. The van der Waals surface area contributed by atoms with Crippen molar-refractivity contribution < 1.29 is 19.0 Å². The summed E-state index contributed by atoms with van der Waals surface area (Å²) < 4.78 is 17.1. The van der Waals surface area contributed by atoms with E-state index in [2.05, 4.69) is 4.74 Å². The lowest BCUT2D eigenvalue weighted by atomic mass is 9.99. The lowest BCUT2D eigenvalue weighted by molar-refractivity contribution is -0.144. The van der Waals surface area contributed by atoms with Gasteiger partial charge < -0.3 is 15.6 Å². The molecule has 0 radical (unpaired) electrons. The van der Waals surface area contributed by atoms with Gasteiger partial charge in [0.1, 0.15) is 0 Å². The number of nitrogens with two attached hydrogens (primary N) is 1. The van der Waals surface area contributed by atoms with Crippen LogP contribution in [-0.4, -0.2) is 36.0 Å². The quantitative estimate of drug-likeness (QED) is 0.508. The third kappa shape index (κ3) is 0.871. The van der Waals surface area contributed by atoms with E-state index < -0.39 is 17.7 Å². The monoisotopic (exact) mass is 149 g/mol. The van der Waals surface area contributed by atoms with Crippen molar-refractivity contribution in [3.05, 3.63) is 0 Å². The van der Waals surface area contributed by atoms with Crippen LogP contribution < -0.4 is 5.73 Å². The summed E-state index contributed by atoms with van der Waals surface area (Å²) >= 11 is 0. The van der Waals surface area contributed by atoms with Gasteiger partial charge in [-0.05, 0) is 0 Å². The minimum absolute atomic E-state index is 0.219. The molecular weight excluding hydrogens is 141 g/mol. The van der Waals surface area contributed by atoms with E-state index in [4.69, 9.17) is 10.8 Å². The van der Waals surface area contributed by atoms with Crippen molar-refractivity contribution >= 4 is 5.97 Å². The molecule has 10 heavy (non-hydrogen) atoms. The first-order chi connectivity index (χ1) is 4.57. The van der Waals surface area contributed by atoms with Crippen LogP contribution in [0.4, 0.5) is 4.39 Å². The van der Waals surface area contributed by atoms with E-state index in [1.165, 1.54) is 0 Å². The van der Waals surface area contributed by atoms with Gasteiger partial charge in [0.05, 0.1) is 13.2 Å². The lowest BCUT2D eigenvalue weighted by Gasteiger charge is -2.17. The molecule has 1 saturated heterocycles. The molecule has 58 valence electrons. The predicted molar refractivity (Wildman–Crippen MR) is 30.3 cm³/mol. The number of hydrogen-bond donors (Lipinski definition) is 2. The van der Waals surface area contributed by atoms with E-state index in [0.717, 1.165) is 0 Å². The van der Waals surface area contributed by atoms with E-state index in [-0.39, 0.29) is 13.2 Å². The van der Waals surface area contributed by atoms with E-state index in [1.54, 1.807) is 0 Å². The molecule has 0 amide bonds. The van der Waals surface area contributed by atoms with Gasteiger partial charge >= 0.3 is 5.97 Å². The maximum atomic E-state index is 12.6. The number of rotatable bonds is 1. The summed E-state index contributed by atoms with van der Waals surface area (Å²) in [5, 5.41) is 8.40. The standard InChI is InChI=1S/C5H8FNO3/c6-3-1-10-2-5(3,7)4(8)9/h3H,1-2,7H2,(H,8,9)/t3-,5?/m1/s1. The molecular formula is C5H8FNO3. The number of halogens is 1. The zero-order valence-electron chi connectivity index (χ0n) is 5.21. The van der Waals surface area contributed by atoms with Gasteiger partial charge in [-0.25, -0.2) is 4.39 Å². The van der Waals surface area contributed by atoms with Crippen LogP contribution in [0.2, 0.25) is 0 Å². The van der Waals surface area contributed by atoms with Crippen molar-refractivity contribution in [1.29, 1.82) is 0 Å². The maximum absolute atomic E-state index is 12.6. The van der Waals surface area contributed by atoms with Crippen LogP contribution in [0.5, 0.6) is 0 Å². The molecule has 4 nitrogen and oxygen atoms in total. The van der Waals surface area contributed by atoms with Crippen LogP contribution in [0, 0.1) is 0 Å². The molecule has 1 aliphatic heterocycles. The van der Waals surface area contributed by atoms with Gasteiger partial charge in [-0.3, -0.25) is 4.79 Å². The second-order valence-corrected chi connectivity index (χ2v) is 2.33. The summed E-state index contributed by atoms with van der Waals surface area (Å²) in [7, 11) is 0. The van der Waals surface area contributed by atoms with Crippen molar-refractivity contribution in [2.75, 3.05) is 13.2 Å². The Kier molecular flexibility index (Phi) is 1.61. The van der Waals surface area contributed by atoms with Crippen molar-refractivity contribution in [3.8, 4) is 0 Å². The zero-order valence-corrected chi connectivity index (χ0v) is 5.21. The molecule has 1 unspecified atom stereocenters. The normalized spacial score (nSPS) is 40.0. The highest BCUT2D eigenvalue weighted by Gasteiger charge is 2.48. The fraction of sp³-hybridized carbons (Fsp3) is 0.800. The first-order valence-corrected chi connectivity index (χ1v) is 2.81. The number of ether oxygens (including phenoxy) is 1. The molecule has 0 aromatic rings. The summed E-state index contributed by atoms with van der Waals surface area (Å²) in [6, 6.07) is 0. The Bertz CT molecular complexity index is 163. The van der Waals surface area contributed by atoms with E-state index >= 15 is 0 Å². The molecule has 2 atom stereocenters. The molecule has 1 fully saturated rings.